The molecule has 3 unspecified atom stereocenters. The van der Waals surface area contributed by atoms with Crippen molar-refractivity contribution in [1.82, 2.24) is 0 Å². The van der Waals surface area contributed by atoms with Crippen LogP contribution >= 0.6 is 34.8 Å². The molecule has 0 radical (unpaired) electrons. The van der Waals surface area contributed by atoms with Crippen LogP contribution in [0, 0.1) is 5.41 Å². The van der Waals surface area contributed by atoms with E-state index in [9.17, 15) is 9.59 Å². The average molecular weight is 363 g/mol. The highest BCUT2D eigenvalue weighted by Gasteiger charge is 2.39. The number of hydrogen-bond donors (Lipinski definition) is 1. The van der Waals surface area contributed by atoms with Gasteiger partial charge in [-0.3, -0.25) is 10.2 Å². The SMILES string of the molecule is COC(=O)C1CC(OC(C)=O)CC(OC(=N)C(Cl)(Cl)Cl)O1. The van der Waals surface area contributed by atoms with E-state index >= 15 is 0 Å². The van der Waals surface area contributed by atoms with Crippen LogP contribution in [0.5, 0.6) is 0 Å². The van der Waals surface area contributed by atoms with Gasteiger partial charge in [-0.25, -0.2) is 4.79 Å². The van der Waals surface area contributed by atoms with E-state index in [1.54, 1.807) is 0 Å². The van der Waals surface area contributed by atoms with Gasteiger partial charge in [-0.15, -0.1) is 0 Å². The van der Waals surface area contributed by atoms with Crippen LogP contribution in [0.3, 0.4) is 0 Å². The molecule has 0 bridgehead atoms. The number of halogens is 3. The van der Waals surface area contributed by atoms with Gasteiger partial charge in [0.1, 0.15) is 6.10 Å². The van der Waals surface area contributed by atoms with Crippen LogP contribution in [0.2, 0.25) is 0 Å². The van der Waals surface area contributed by atoms with E-state index in [0.717, 1.165) is 0 Å². The van der Waals surface area contributed by atoms with E-state index in [1.807, 2.05) is 0 Å². The second kappa shape index (κ2) is 7.49. The van der Waals surface area contributed by atoms with Crippen molar-refractivity contribution >= 4 is 52.6 Å². The highest BCUT2D eigenvalue weighted by molar-refractivity contribution is 6.76. The van der Waals surface area contributed by atoms with Gasteiger partial charge < -0.3 is 18.9 Å². The molecule has 1 aliphatic rings. The molecule has 1 saturated heterocycles. The topological polar surface area (TPSA) is 94.9 Å². The summed E-state index contributed by atoms with van der Waals surface area (Å²) in [5.74, 6) is -1.83. The Balaban J connectivity index is 2.75. The van der Waals surface area contributed by atoms with Gasteiger partial charge >= 0.3 is 11.9 Å². The van der Waals surface area contributed by atoms with Crippen LogP contribution in [-0.4, -0.2) is 47.2 Å². The third-order valence-electron chi connectivity index (χ3n) is 2.55. The molecule has 1 fully saturated rings. The second-order valence-corrected chi connectivity index (χ2v) is 6.51. The van der Waals surface area contributed by atoms with Crippen molar-refractivity contribution in [1.29, 1.82) is 5.41 Å². The summed E-state index contributed by atoms with van der Waals surface area (Å²) in [6.07, 6.45) is -2.49. The predicted molar refractivity (Wildman–Crippen MR) is 74.6 cm³/mol. The number of hydrogen-bond acceptors (Lipinski definition) is 7. The first-order chi connectivity index (χ1) is 9.63. The summed E-state index contributed by atoms with van der Waals surface area (Å²) in [7, 11) is 1.19. The van der Waals surface area contributed by atoms with Crippen molar-refractivity contribution in [2.24, 2.45) is 0 Å². The molecule has 10 heteroatoms. The number of alkyl halides is 3. The standard InChI is InChI=1S/C11H14Cl3NO6/c1-5(16)19-6-3-7(9(17)18-2)20-8(4-6)21-10(15)11(12,13)14/h6-8,15H,3-4H2,1-2H3. The molecule has 21 heavy (non-hydrogen) atoms. The lowest BCUT2D eigenvalue weighted by atomic mass is 10.0. The first kappa shape index (κ1) is 18.3. The largest absolute Gasteiger partial charge is 0.467 e. The molecule has 7 nitrogen and oxygen atoms in total. The Hall–Kier alpha value is -0.760. The maximum absolute atomic E-state index is 11.6. The maximum Gasteiger partial charge on any atom is 0.335 e. The number of carbonyl (C=O) groups excluding carboxylic acids is 2. The minimum absolute atomic E-state index is 0.0935. The van der Waals surface area contributed by atoms with Crippen molar-refractivity contribution in [3.05, 3.63) is 0 Å². The van der Waals surface area contributed by atoms with Gasteiger partial charge in [0.25, 0.3) is 3.79 Å². The molecule has 3 atom stereocenters. The van der Waals surface area contributed by atoms with Crippen LogP contribution in [0.15, 0.2) is 0 Å². The number of rotatable bonds is 3. The van der Waals surface area contributed by atoms with Crippen LogP contribution < -0.4 is 0 Å². The monoisotopic (exact) mass is 361 g/mol. The third-order valence-corrected chi connectivity index (χ3v) is 3.07. The summed E-state index contributed by atoms with van der Waals surface area (Å²) < 4.78 is 17.9. The fourth-order valence-electron chi connectivity index (χ4n) is 1.73. The van der Waals surface area contributed by atoms with Gasteiger partial charge in [0.15, 0.2) is 6.10 Å². The van der Waals surface area contributed by atoms with Crippen molar-refractivity contribution < 1.29 is 28.5 Å². The zero-order valence-corrected chi connectivity index (χ0v) is 13.5. The Morgan fingerprint density at radius 1 is 1.24 bits per heavy atom. The first-order valence-corrected chi connectivity index (χ1v) is 6.99. The number of esters is 2. The average Bonchev–Trinajstić information content (AvgIpc) is 2.35. The van der Waals surface area contributed by atoms with Crippen molar-refractivity contribution in [3.8, 4) is 0 Å². The van der Waals surface area contributed by atoms with Crippen molar-refractivity contribution in [3.63, 3.8) is 0 Å². The summed E-state index contributed by atoms with van der Waals surface area (Å²) >= 11 is 16.5. The number of methoxy groups -OCH3 is 1. The highest BCUT2D eigenvalue weighted by atomic mass is 35.6. The smallest absolute Gasteiger partial charge is 0.335 e. The summed E-state index contributed by atoms with van der Waals surface area (Å²) in [5.41, 5.74) is 0. The van der Waals surface area contributed by atoms with E-state index in [-0.39, 0.29) is 12.8 Å². The zero-order chi connectivity index (χ0) is 16.2. The molecule has 0 aliphatic carbocycles. The fourth-order valence-corrected chi connectivity index (χ4v) is 1.87. The van der Waals surface area contributed by atoms with Gasteiger partial charge in [0, 0.05) is 19.8 Å². The molecule has 0 aromatic rings. The number of carbonyl (C=O) groups is 2. The lowest BCUT2D eigenvalue weighted by molar-refractivity contribution is -0.207. The molecule has 0 aromatic heterocycles. The summed E-state index contributed by atoms with van der Waals surface area (Å²) in [6, 6.07) is 0. The fraction of sp³-hybridized carbons (Fsp3) is 0.727. The lowest BCUT2D eigenvalue weighted by Crippen LogP contribution is -2.44. The van der Waals surface area contributed by atoms with Gasteiger partial charge in [-0.2, -0.15) is 0 Å². The Kier molecular flexibility index (Phi) is 6.52. The minimum Gasteiger partial charge on any atom is -0.467 e. The highest BCUT2D eigenvalue weighted by Crippen LogP contribution is 2.31. The lowest BCUT2D eigenvalue weighted by Gasteiger charge is -2.33. The zero-order valence-electron chi connectivity index (χ0n) is 11.2. The van der Waals surface area contributed by atoms with Crippen LogP contribution in [-0.2, 0) is 28.5 Å². The number of ether oxygens (including phenoxy) is 4. The van der Waals surface area contributed by atoms with Gasteiger partial charge in [0.05, 0.1) is 7.11 Å². The third kappa shape index (κ3) is 5.86. The van der Waals surface area contributed by atoms with E-state index in [1.165, 1.54) is 14.0 Å². The van der Waals surface area contributed by atoms with Crippen LogP contribution in [0.1, 0.15) is 19.8 Å². The molecular formula is C11H14Cl3NO6. The molecular weight excluding hydrogens is 348 g/mol. The number of nitrogens with one attached hydrogen (secondary N) is 1. The molecule has 1 rings (SSSR count). The Labute approximate surface area is 136 Å². The van der Waals surface area contributed by atoms with E-state index in [4.69, 9.17) is 54.4 Å². The van der Waals surface area contributed by atoms with E-state index in [2.05, 4.69) is 4.74 Å². The Morgan fingerprint density at radius 2 is 1.86 bits per heavy atom. The molecule has 0 spiro atoms. The first-order valence-electron chi connectivity index (χ1n) is 5.86. The quantitative estimate of drug-likeness (QED) is 0.357. The van der Waals surface area contributed by atoms with Gasteiger partial charge in [-0.05, 0) is 0 Å². The normalized spacial score (nSPS) is 25.9. The van der Waals surface area contributed by atoms with E-state index in [0.29, 0.717) is 0 Å². The van der Waals surface area contributed by atoms with Crippen LogP contribution in [0.4, 0.5) is 0 Å². The summed E-state index contributed by atoms with van der Waals surface area (Å²) in [4.78, 5) is 22.6. The Morgan fingerprint density at radius 3 is 2.33 bits per heavy atom. The van der Waals surface area contributed by atoms with Gasteiger partial charge in [-0.1, -0.05) is 34.8 Å². The molecule has 1 N–H and O–H groups in total. The van der Waals surface area contributed by atoms with Crippen molar-refractivity contribution in [2.45, 2.75) is 42.1 Å². The minimum atomic E-state index is -2.06. The molecule has 0 amide bonds. The second-order valence-electron chi connectivity index (χ2n) is 4.23. The van der Waals surface area contributed by atoms with E-state index < -0.39 is 40.1 Å². The van der Waals surface area contributed by atoms with Crippen LogP contribution in [0.25, 0.3) is 0 Å². The molecule has 1 aliphatic heterocycles. The predicted octanol–water partition coefficient (Wildman–Crippen LogP) is 1.96. The maximum atomic E-state index is 11.6. The Bertz CT molecular complexity index is 425. The molecule has 1 heterocycles. The van der Waals surface area contributed by atoms with Gasteiger partial charge in [0.2, 0.25) is 12.2 Å². The summed E-state index contributed by atoms with van der Waals surface area (Å²) in [6.45, 7) is 1.24. The molecule has 120 valence electrons. The van der Waals surface area contributed by atoms with Crippen molar-refractivity contribution in [2.75, 3.05) is 7.11 Å². The molecule has 0 saturated carbocycles. The molecule has 0 aromatic carbocycles. The summed E-state index contributed by atoms with van der Waals surface area (Å²) in [5, 5.41) is 7.48.